The van der Waals surface area contributed by atoms with Crippen molar-refractivity contribution in [2.24, 2.45) is 5.41 Å². The minimum atomic E-state index is -0.945. The second-order valence-corrected chi connectivity index (χ2v) is 7.04. The third kappa shape index (κ3) is 3.64. The Kier molecular flexibility index (Phi) is 4.73. The van der Waals surface area contributed by atoms with Crippen molar-refractivity contribution in [3.8, 4) is 0 Å². The molecule has 1 atom stereocenters. The van der Waals surface area contributed by atoms with Gasteiger partial charge in [-0.1, -0.05) is 0 Å². The number of piperidine rings is 1. The van der Waals surface area contributed by atoms with Gasteiger partial charge in [-0.3, -0.25) is 9.59 Å². The van der Waals surface area contributed by atoms with Crippen LogP contribution in [0.3, 0.4) is 0 Å². The van der Waals surface area contributed by atoms with Crippen molar-refractivity contribution in [3.63, 3.8) is 0 Å². The average molecular weight is 349 g/mol. The van der Waals surface area contributed by atoms with Gasteiger partial charge in [0, 0.05) is 39.5 Å². The molecule has 1 unspecified atom stereocenters. The number of carbonyl (C=O) groups excluding carboxylic acids is 2. The van der Waals surface area contributed by atoms with Crippen LogP contribution in [0.15, 0.2) is 12.7 Å². The number of hydrogen-bond acceptors (Lipinski definition) is 5. The highest BCUT2D eigenvalue weighted by Crippen LogP contribution is 2.43. The zero-order chi connectivity index (χ0) is 18.0. The van der Waals surface area contributed by atoms with Crippen LogP contribution in [0.5, 0.6) is 0 Å². The third-order valence-electron chi connectivity index (χ3n) is 5.43. The van der Waals surface area contributed by atoms with Crippen molar-refractivity contribution < 1.29 is 19.5 Å². The largest absolute Gasteiger partial charge is 0.480 e. The molecular formula is C16H23N5O4. The number of carbonyl (C=O) groups is 3. The summed E-state index contributed by atoms with van der Waals surface area (Å²) in [6.07, 6.45) is 5.50. The smallest absolute Gasteiger partial charge is 0.326 e. The van der Waals surface area contributed by atoms with Crippen LogP contribution in [0.25, 0.3) is 0 Å². The van der Waals surface area contributed by atoms with Crippen LogP contribution in [0.1, 0.15) is 32.6 Å². The van der Waals surface area contributed by atoms with Gasteiger partial charge in [-0.25, -0.2) is 4.79 Å². The molecule has 3 heterocycles. The van der Waals surface area contributed by atoms with Crippen LogP contribution < -0.4 is 0 Å². The number of likely N-dealkylation sites (tertiary alicyclic amines) is 2. The van der Waals surface area contributed by atoms with E-state index in [0.29, 0.717) is 39.0 Å². The molecule has 3 rings (SSSR count). The summed E-state index contributed by atoms with van der Waals surface area (Å²) in [4.78, 5) is 38.8. The molecule has 2 aliphatic heterocycles. The molecule has 2 amide bonds. The van der Waals surface area contributed by atoms with Gasteiger partial charge in [0.05, 0.1) is 0 Å². The van der Waals surface area contributed by atoms with E-state index >= 15 is 0 Å². The second-order valence-electron chi connectivity index (χ2n) is 7.04. The fourth-order valence-corrected chi connectivity index (χ4v) is 3.92. The van der Waals surface area contributed by atoms with Crippen molar-refractivity contribution in [2.75, 3.05) is 19.6 Å². The van der Waals surface area contributed by atoms with Crippen molar-refractivity contribution in [1.29, 1.82) is 0 Å². The Labute approximate surface area is 145 Å². The fraction of sp³-hybridized carbons (Fsp3) is 0.688. The van der Waals surface area contributed by atoms with E-state index in [1.807, 2.05) is 4.90 Å². The molecule has 9 nitrogen and oxygen atoms in total. The first-order chi connectivity index (χ1) is 11.9. The van der Waals surface area contributed by atoms with Crippen LogP contribution in [0, 0.1) is 5.41 Å². The Morgan fingerprint density at radius 2 is 1.84 bits per heavy atom. The number of hydrogen-bond donors (Lipinski definition) is 1. The summed E-state index contributed by atoms with van der Waals surface area (Å²) in [5, 5.41) is 16.8. The van der Waals surface area contributed by atoms with Gasteiger partial charge in [-0.15, -0.1) is 10.2 Å². The van der Waals surface area contributed by atoms with Gasteiger partial charge in [-0.2, -0.15) is 0 Å². The Morgan fingerprint density at radius 1 is 1.20 bits per heavy atom. The first-order valence-electron chi connectivity index (χ1n) is 8.50. The molecule has 0 radical (unpaired) electrons. The normalized spacial score (nSPS) is 22.4. The summed E-state index contributed by atoms with van der Waals surface area (Å²) in [7, 11) is 0. The molecule has 9 heteroatoms. The van der Waals surface area contributed by atoms with Crippen LogP contribution in [-0.2, 0) is 20.9 Å². The van der Waals surface area contributed by atoms with E-state index in [1.54, 1.807) is 17.2 Å². The SMILES string of the molecule is CC(=O)N1CC2(CCN(C(=O)CCn3cnnc3)CC2)CC1C(=O)O. The molecule has 25 heavy (non-hydrogen) atoms. The maximum Gasteiger partial charge on any atom is 0.326 e. The predicted octanol–water partition coefficient (Wildman–Crippen LogP) is -0.0176. The highest BCUT2D eigenvalue weighted by Gasteiger charge is 2.49. The molecule has 2 saturated heterocycles. The van der Waals surface area contributed by atoms with Gasteiger partial charge in [0.25, 0.3) is 0 Å². The first kappa shape index (κ1) is 17.4. The first-order valence-corrected chi connectivity index (χ1v) is 8.50. The summed E-state index contributed by atoms with van der Waals surface area (Å²) in [5.41, 5.74) is -0.181. The van der Waals surface area contributed by atoms with Gasteiger partial charge in [0.2, 0.25) is 11.8 Å². The van der Waals surface area contributed by atoms with Gasteiger partial charge < -0.3 is 19.5 Å². The van der Waals surface area contributed by atoms with E-state index in [1.165, 1.54) is 11.8 Å². The maximum absolute atomic E-state index is 12.4. The number of carboxylic acid groups (broad SMARTS) is 1. The molecule has 136 valence electrons. The lowest BCUT2D eigenvalue weighted by Gasteiger charge is -2.39. The van der Waals surface area contributed by atoms with Gasteiger partial charge in [0.15, 0.2) is 0 Å². The molecule has 1 N–H and O–H groups in total. The topological polar surface area (TPSA) is 109 Å². The van der Waals surface area contributed by atoms with E-state index in [2.05, 4.69) is 10.2 Å². The van der Waals surface area contributed by atoms with Crippen molar-refractivity contribution in [3.05, 3.63) is 12.7 Å². The predicted molar refractivity (Wildman–Crippen MR) is 86.3 cm³/mol. The molecule has 1 spiro atoms. The molecule has 1 aromatic rings. The molecule has 2 fully saturated rings. The molecule has 0 aromatic carbocycles. The molecular weight excluding hydrogens is 326 g/mol. The summed E-state index contributed by atoms with van der Waals surface area (Å²) < 4.78 is 1.77. The van der Waals surface area contributed by atoms with Crippen LogP contribution in [0.4, 0.5) is 0 Å². The zero-order valence-electron chi connectivity index (χ0n) is 14.3. The lowest BCUT2D eigenvalue weighted by Crippen LogP contribution is -2.44. The summed E-state index contributed by atoms with van der Waals surface area (Å²) in [5.74, 6) is -1.06. The maximum atomic E-state index is 12.4. The Bertz CT molecular complexity index is 627. The van der Waals surface area contributed by atoms with E-state index in [0.717, 1.165) is 12.8 Å². The standard InChI is InChI=1S/C16H23N5O4/c1-12(22)21-9-16(8-13(21)15(24)25)3-6-20(7-4-16)14(23)2-5-19-10-17-18-11-19/h10-11,13H,2-9H2,1H3,(H,24,25). The van der Waals surface area contributed by atoms with Gasteiger partial charge in [0.1, 0.15) is 18.7 Å². The Balaban J connectivity index is 1.55. The van der Waals surface area contributed by atoms with Crippen LogP contribution >= 0.6 is 0 Å². The molecule has 0 saturated carbocycles. The lowest BCUT2D eigenvalue weighted by molar-refractivity contribution is -0.147. The number of rotatable bonds is 4. The number of aliphatic carboxylic acids is 1. The Hall–Kier alpha value is -2.45. The lowest BCUT2D eigenvalue weighted by atomic mass is 9.76. The van der Waals surface area contributed by atoms with Crippen molar-refractivity contribution in [1.82, 2.24) is 24.6 Å². The summed E-state index contributed by atoms with van der Waals surface area (Å²) >= 11 is 0. The minimum Gasteiger partial charge on any atom is -0.480 e. The number of aromatic nitrogens is 3. The van der Waals surface area contributed by atoms with E-state index < -0.39 is 12.0 Å². The van der Waals surface area contributed by atoms with E-state index in [9.17, 15) is 19.5 Å². The summed E-state index contributed by atoms with van der Waals surface area (Å²) in [6.45, 7) is 3.66. The van der Waals surface area contributed by atoms with Crippen molar-refractivity contribution >= 4 is 17.8 Å². The highest BCUT2D eigenvalue weighted by atomic mass is 16.4. The van der Waals surface area contributed by atoms with Crippen molar-refractivity contribution in [2.45, 2.75) is 45.2 Å². The second kappa shape index (κ2) is 6.81. The monoisotopic (exact) mass is 349 g/mol. The zero-order valence-corrected chi connectivity index (χ0v) is 14.3. The quantitative estimate of drug-likeness (QED) is 0.818. The third-order valence-corrected chi connectivity index (χ3v) is 5.43. The average Bonchev–Trinajstić information content (AvgIpc) is 3.21. The van der Waals surface area contributed by atoms with Crippen LogP contribution in [0.2, 0.25) is 0 Å². The number of carboxylic acids is 1. The van der Waals surface area contributed by atoms with E-state index in [4.69, 9.17) is 0 Å². The number of amides is 2. The summed E-state index contributed by atoms with van der Waals surface area (Å²) in [6, 6.07) is -0.742. The van der Waals surface area contributed by atoms with Crippen LogP contribution in [-0.4, -0.2) is 73.1 Å². The Morgan fingerprint density at radius 3 is 2.36 bits per heavy atom. The number of aryl methyl sites for hydroxylation is 1. The molecule has 0 aliphatic carbocycles. The highest BCUT2D eigenvalue weighted by molar-refractivity contribution is 5.83. The molecule has 0 bridgehead atoms. The van der Waals surface area contributed by atoms with Gasteiger partial charge >= 0.3 is 5.97 Å². The molecule has 2 aliphatic rings. The van der Waals surface area contributed by atoms with Gasteiger partial charge in [-0.05, 0) is 24.7 Å². The number of nitrogens with zero attached hydrogens (tertiary/aromatic N) is 5. The minimum absolute atomic E-state index is 0.0831. The fourth-order valence-electron chi connectivity index (χ4n) is 3.92. The molecule has 1 aromatic heterocycles. The van der Waals surface area contributed by atoms with E-state index in [-0.39, 0.29) is 17.2 Å².